The zero-order chi connectivity index (χ0) is 13.7. The lowest BCUT2D eigenvalue weighted by Gasteiger charge is -2.23. The Balaban J connectivity index is 1.85. The van der Waals surface area contributed by atoms with Crippen LogP contribution in [0.3, 0.4) is 0 Å². The normalized spacial score (nSPS) is 18.2. The predicted molar refractivity (Wildman–Crippen MR) is 74.7 cm³/mol. The van der Waals surface area contributed by atoms with Crippen LogP contribution in [0.4, 0.5) is 0 Å². The number of ether oxygens (including phenoxy) is 2. The molecule has 1 saturated heterocycles. The molecule has 0 radical (unpaired) electrons. The average Bonchev–Trinajstić information content (AvgIpc) is 2.45. The molecule has 1 fully saturated rings. The Kier molecular flexibility index (Phi) is 5.37. The first-order valence-corrected chi connectivity index (χ1v) is 7.03. The molecule has 1 unspecified atom stereocenters. The zero-order valence-corrected chi connectivity index (χ0v) is 11.9. The van der Waals surface area contributed by atoms with Crippen LogP contribution in [0.5, 0.6) is 0 Å². The Morgan fingerprint density at radius 2 is 2.21 bits per heavy atom. The van der Waals surface area contributed by atoms with Gasteiger partial charge < -0.3 is 9.47 Å². The van der Waals surface area contributed by atoms with Gasteiger partial charge in [0.1, 0.15) is 6.10 Å². The van der Waals surface area contributed by atoms with Gasteiger partial charge in [-0.25, -0.2) is 0 Å². The van der Waals surface area contributed by atoms with Crippen molar-refractivity contribution in [1.82, 2.24) is 0 Å². The summed E-state index contributed by atoms with van der Waals surface area (Å²) in [6.07, 6.45) is 1.59. The second-order valence-corrected chi connectivity index (χ2v) is 5.34. The van der Waals surface area contributed by atoms with Gasteiger partial charge >= 0.3 is 0 Å². The molecule has 3 nitrogen and oxygen atoms in total. The van der Waals surface area contributed by atoms with E-state index in [2.05, 4.69) is 0 Å². The number of carbonyl (C=O) groups excluding carboxylic acids is 1. The molecule has 0 aromatic heterocycles. The molecular weight excluding hydrogens is 264 g/mol. The zero-order valence-electron chi connectivity index (χ0n) is 11.1. The molecule has 1 aromatic rings. The molecule has 0 N–H and O–H groups in total. The number of carbonyl (C=O) groups is 1. The van der Waals surface area contributed by atoms with Gasteiger partial charge in [0, 0.05) is 23.8 Å². The molecule has 1 aromatic carbocycles. The molecule has 19 heavy (non-hydrogen) atoms. The van der Waals surface area contributed by atoms with E-state index >= 15 is 0 Å². The van der Waals surface area contributed by atoms with Crippen LogP contribution in [0.2, 0.25) is 5.02 Å². The second-order valence-electron chi connectivity index (χ2n) is 4.91. The van der Waals surface area contributed by atoms with Crippen molar-refractivity contribution >= 4 is 17.4 Å². The fourth-order valence-electron chi connectivity index (χ4n) is 2.15. The van der Waals surface area contributed by atoms with Crippen molar-refractivity contribution in [2.45, 2.75) is 25.9 Å². The van der Waals surface area contributed by atoms with Crippen LogP contribution in [0.1, 0.15) is 30.1 Å². The van der Waals surface area contributed by atoms with Gasteiger partial charge in [-0.3, -0.25) is 4.79 Å². The molecule has 104 valence electrons. The molecule has 0 saturated carbocycles. The van der Waals surface area contributed by atoms with E-state index in [9.17, 15) is 4.79 Å². The van der Waals surface area contributed by atoms with Gasteiger partial charge in [0.15, 0.2) is 5.78 Å². The molecule has 1 atom stereocenters. The first kappa shape index (κ1) is 14.5. The lowest BCUT2D eigenvalue weighted by Crippen LogP contribution is -2.26. The fraction of sp³-hybridized carbons (Fsp3) is 0.533. The van der Waals surface area contributed by atoms with Gasteiger partial charge in [-0.05, 0) is 37.8 Å². The molecule has 2 rings (SSSR count). The molecule has 0 spiro atoms. The van der Waals surface area contributed by atoms with Gasteiger partial charge in [-0.15, -0.1) is 0 Å². The van der Waals surface area contributed by atoms with Gasteiger partial charge in [-0.1, -0.05) is 23.7 Å². The summed E-state index contributed by atoms with van der Waals surface area (Å²) in [6.45, 7) is 4.01. The maximum atomic E-state index is 12.2. The smallest absolute Gasteiger partial charge is 0.191 e. The monoisotopic (exact) mass is 282 g/mol. The summed E-state index contributed by atoms with van der Waals surface area (Å²) in [5.41, 5.74) is 0.604. The average molecular weight is 283 g/mol. The largest absolute Gasteiger partial charge is 0.381 e. The Bertz CT molecular complexity index is 427. The molecular formula is C15H19ClO3. The van der Waals surface area contributed by atoms with E-state index in [0.29, 0.717) is 23.1 Å². The minimum absolute atomic E-state index is 0.0189. The first-order valence-electron chi connectivity index (χ1n) is 6.66. The predicted octanol–water partition coefficient (Wildman–Crippen LogP) is 3.35. The Labute approximate surface area is 118 Å². The van der Waals surface area contributed by atoms with Crippen LogP contribution < -0.4 is 0 Å². The highest BCUT2D eigenvalue weighted by atomic mass is 35.5. The van der Waals surface area contributed by atoms with Crippen molar-refractivity contribution in [3.8, 4) is 0 Å². The van der Waals surface area contributed by atoms with E-state index in [1.54, 1.807) is 31.2 Å². The van der Waals surface area contributed by atoms with Crippen molar-refractivity contribution < 1.29 is 14.3 Å². The van der Waals surface area contributed by atoms with Crippen molar-refractivity contribution in [3.05, 3.63) is 34.9 Å². The highest BCUT2D eigenvalue weighted by Gasteiger charge is 2.19. The molecule has 1 aliphatic heterocycles. The number of hydrogen-bond donors (Lipinski definition) is 0. The summed E-state index contributed by atoms with van der Waals surface area (Å²) in [5.74, 6) is 0.484. The van der Waals surface area contributed by atoms with Gasteiger partial charge in [-0.2, -0.15) is 0 Å². The summed E-state index contributed by atoms with van der Waals surface area (Å²) in [4.78, 5) is 12.2. The molecule has 4 heteroatoms. The summed E-state index contributed by atoms with van der Waals surface area (Å²) in [6, 6.07) is 6.98. The van der Waals surface area contributed by atoms with Crippen molar-refractivity contribution in [2.24, 2.45) is 5.92 Å². The number of Topliss-reactive ketones (excluding diaryl/α,β-unsaturated/α-hetero) is 1. The number of rotatable bonds is 5. The number of hydrogen-bond acceptors (Lipinski definition) is 3. The van der Waals surface area contributed by atoms with E-state index < -0.39 is 6.10 Å². The summed E-state index contributed by atoms with van der Waals surface area (Å²) in [7, 11) is 0. The van der Waals surface area contributed by atoms with E-state index in [1.165, 1.54) is 0 Å². The molecule has 1 aliphatic rings. The summed E-state index contributed by atoms with van der Waals surface area (Å²) >= 11 is 5.89. The van der Waals surface area contributed by atoms with Crippen LogP contribution in [0.15, 0.2) is 24.3 Å². The third kappa shape index (κ3) is 4.30. The minimum Gasteiger partial charge on any atom is -0.381 e. The van der Waals surface area contributed by atoms with E-state index in [1.807, 2.05) is 0 Å². The maximum absolute atomic E-state index is 12.2. The second kappa shape index (κ2) is 7.04. The highest BCUT2D eigenvalue weighted by molar-refractivity contribution is 6.31. The number of benzene rings is 1. The third-order valence-corrected chi connectivity index (χ3v) is 3.64. The summed E-state index contributed by atoms with van der Waals surface area (Å²) in [5, 5.41) is 0.572. The summed E-state index contributed by atoms with van der Waals surface area (Å²) < 4.78 is 11.0. The fourth-order valence-corrected chi connectivity index (χ4v) is 2.34. The van der Waals surface area contributed by atoms with Crippen LogP contribution >= 0.6 is 11.6 Å². The van der Waals surface area contributed by atoms with Crippen LogP contribution in [-0.2, 0) is 9.47 Å². The quantitative estimate of drug-likeness (QED) is 0.777. The Hall–Kier alpha value is -0.900. The molecule has 0 amide bonds. The molecule has 1 heterocycles. The standard InChI is InChI=1S/C15H19ClO3/c1-11(19-10-12-5-7-18-8-6-12)15(17)13-3-2-4-14(16)9-13/h2-4,9,11-12H,5-8,10H2,1H3. The highest BCUT2D eigenvalue weighted by Crippen LogP contribution is 2.17. The number of ketones is 1. The van der Waals surface area contributed by atoms with E-state index in [0.717, 1.165) is 26.1 Å². The van der Waals surface area contributed by atoms with Crippen LogP contribution in [-0.4, -0.2) is 31.7 Å². The SMILES string of the molecule is CC(OCC1CCOCC1)C(=O)c1cccc(Cl)c1. The van der Waals surface area contributed by atoms with Gasteiger partial charge in [0.2, 0.25) is 0 Å². The lowest BCUT2D eigenvalue weighted by atomic mass is 10.0. The van der Waals surface area contributed by atoms with Crippen molar-refractivity contribution in [1.29, 1.82) is 0 Å². The maximum Gasteiger partial charge on any atom is 0.191 e. The Morgan fingerprint density at radius 3 is 2.89 bits per heavy atom. The third-order valence-electron chi connectivity index (χ3n) is 3.40. The van der Waals surface area contributed by atoms with Crippen molar-refractivity contribution in [3.63, 3.8) is 0 Å². The Morgan fingerprint density at radius 1 is 1.47 bits per heavy atom. The molecule has 0 aliphatic carbocycles. The van der Waals surface area contributed by atoms with Crippen LogP contribution in [0.25, 0.3) is 0 Å². The first-order chi connectivity index (χ1) is 9.16. The lowest BCUT2D eigenvalue weighted by molar-refractivity contribution is -0.000213. The molecule has 0 bridgehead atoms. The van der Waals surface area contributed by atoms with E-state index in [-0.39, 0.29) is 5.78 Å². The van der Waals surface area contributed by atoms with Gasteiger partial charge in [0.25, 0.3) is 0 Å². The van der Waals surface area contributed by atoms with E-state index in [4.69, 9.17) is 21.1 Å². The minimum atomic E-state index is -0.429. The van der Waals surface area contributed by atoms with Gasteiger partial charge in [0.05, 0.1) is 6.61 Å². The number of halogens is 1. The van der Waals surface area contributed by atoms with Crippen LogP contribution in [0, 0.1) is 5.92 Å². The topological polar surface area (TPSA) is 35.5 Å². The van der Waals surface area contributed by atoms with Crippen molar-refractivity contribution in [2.75, 3.05) is 19.8 Å².